The number of nitrogens with zero attached hydrogens (tertiary/aromatic N) is 1. The van der Waals surface area contributed by atoms with Crippen molar-refractivity contribution < 1.29 is 0 Å². The summed E-state index contributed by atoms with van der Waals surface area (Å²) in [4.78, 5) is 2.76. The molecule has 0 aromatic heterocycles. The quantitative estimate of drug-likeness (QED) is 0.766. The van der Waals surface area contributed by atoms with Gasteiger partial charge in [-0.3, -0.25) is 4.90 Å². The van der Waals surface area contributed by atoms with E-state index in [1.807, 2.05) is 0 Å². The van der Waals surface area contributed by atoms with E-state index in [0.717, 1.165) is 18.0 Å². The minimum Gasteiger partial charge on any atom is -0.311 e. The first kappa shape index (κ1) is 15.0. The molecule has 1 N–H and O–H groups in total. The molecule has 3 atom stereocenters. The largest absolute Gasteiger partial charge is 0.311 e. The molecule has 0 aliphatic carbocycles. The lowest BCUT2D eigenvalue weighted by Crippen LogP contribution is -2.58. The summed E-state index contributed by atoms with van der Waals surface area (Å²) < 4.78 is 0. The fourth-order valence-electron chi connectivity index (χ4n) is 3.12. The molecule has 0 amide bonds. The molecule has 0 aromatic rings. The zero-order valence-corrected chi connectivity index (χ0v) is 12.5. The Morgan fingerprint density at radius 3 is 2.47 bits per heavy atom. The van der Waals surface area contributed by atoms with Gasteiger partial charge in [-0.25, -0.2) is 0 Å². The van der Waals surface area contributed by atoms with Crippen LogP contribution in [0.5, 0.6) is 0 Å². The van der Waals surface area contributed by atoms with Gasteiger partial charge in [-0.15, -0.1) is 0 Å². The van der Waals surface area contributed by atoms with Crippen LogP contribution in [0.15, 0.2) is 0 Å². The molecule has 0 aromatic carbocycles. The summed E-state index contributed by atoms with van der Waals surface area (Å²) in [5.41, 5.74) is 0. The fourth-order valence-corrected chi connectivity index (χ4v) is 3.12. The van der Waals surface area contributed by atoms with Crippen LogP contribution in [0.25, 0.3) is 0 Å². The number of piperazine rings is 1. The summed E-state index contributed by atoms with van der Waals surface area (Å²) in [6.45, 7) is 14.1. The molecular weight excluding hydrogens is 208 g/mol. The Kier molecular flexibility index (Phi) is 6.50. The molecule has 1 saturated heterocycles. The lowest BCUT2D eigenvalue weighted by Gasteiger charge is -2.44. The average molecular weight is 240 g/mol. The predicted molar refractivity (Wildman–Crippen MR) is 76.4 cm³/mol. The number of nitrogens with one attached hydrogen (secondary N) is 1. The molecule has 1 rings (SSSR count). The maximum absolute atomic E-state index is 3.74. The van der Waals surface area contributed by atoms with Gasteiger partial charge in [-0.2, -0.15) is 0 Å². The van der Waals surface area contributed by atoms with Gasteiger partial charge in [-0.05, 0) is 32.1 Å². The Hall–Kier alpha value is -0.0800. The van der Waals surface area contributed by atoms with Crippen LogP contribution in [0.3, 0.4) is 0 Å². The molecule has 1 aliphatic rings. The molecule has 2 heteroatoms. The topological polar surface area (TPSA) is 15.3 Å². The maximum atomic E-state index is 3.74. The Balaban J connectivity index is 2.54. The predicted octanol–water partition coefficient (Wildman–Crippen LogP) is 3.27. The van der Waals surface area contributed by atoms with Gasteiger partial charge < -0.3 is 5.32 Å². The van der Waals surface area contributed by atoms with Gasteiger partial charge in [0, 0.05) is 31.2 Å². The summed E-state index contributed by atoms with van der Waals surface area (Å²) in [5.74, 6) is 0.800. The zero-order chi connectivity index (χ0) is 12.8. The lowest BCUT2D eigenvalue weighted by molar-refractivity contribution is 0.0763. The Morgan fingerprint density at radius 1 is 1.24 bits per heavy atom. The molecule has 0 spiro atoms. The molecule has 17 heavy (non-hydrogen) atoms. The van der Waals surface area contributed by atoms with E-state index in [1.54, 1.807) is 0 Å². The number of rotatable bonds is 6. The first-order valence-electron chi connectivity index (χ1n) is 7.57. The molecule has 2 nitrogen and oxygen atoms in total. The van der Waals surface area contributed by atoms with Crippen molar-refractivity contribution in [3.8, 4) is 0 Å². The Morgan fingerprint density at radius 2 is 1.94 bits per heavy atom. The van der Waals surface area contributed by atoms with Crippen molar-refractivity contribution in [3.05, 3.63) is 0 Å². The van der Waals surface area contributed by atoms with E-state index in [9.17, 15) is 0 Å². The monoisotopic (exact) mass is 240 g/mol. The molecule has 102 valence electrons. The normalized spacial score (nSPS) is 28.6. The second-order valence-electron chi connectivity index (χ2n) is 6.13. The van der Waals surface area contributed by atoms with Crippen LogP contribution in [-0.2, 0) is 0 Å². The van der Waals surface area contributed by atoms with Crippen LogP contribution in [0.4, 0.5) is 0 Å². The molecule has 0 saturated carbocycles. The van der Waals surface area contributed by atoms with Crippen molar-refractivity contribution in [2.75, 3.05) is 13.1 Å². The molecule has 1 aliphatic heterocycles. The highest BCUT2D eigenvalue weighted by Gasteiger charge is 2.29. The van der Waals surface area contributed by atoms with Gasteiger partial charge in [0.25, 0.3) is 0 Å². The standard InChI is InChI=1S/C15H32N2/c1-6-8-13(5)17-11-14(9-12(3)4)16-10-15(17)7-2/h12-16H,6-11H2,1-5H3. The molecule has 0 bridgehead atoms. The smallest absolute Gasteiger partial charge is 0.0221 e. The summed E-state index contributed by atoms with van der Waals surface area (Å²) in [5, 5.41) is 3.74. The third-order valence-electron chi connectivity index (χ3n) is 4.04. The summed E-state index contributed by atoms with van der Waals surface area (Å²) in [7, 11) is 0. The lowest BCUT2D eigenvalue weighted by atomic mass is 9.97. The van der Waals surface area contributed by atoms with Crippen LogP contribution in [-0.4, -0.2) is 36.1 Å². The second-order valence-corrected chi connectivity index (χ2v) is 6.13. The summed E-state index contributed by atoms with van der Waals surface area (Å²) in [6, 6.07) is 2.21. The van der Waals surface area contributed by atoms with Gasteiger partial charge >= 0.3 is 0 Å². The summed E-state index contributed by atoms with van der Waals surface area (Å²) in [6.07, 6.45) is 5.22. The van der Waals surface area contributed by atoms with Gasteiger partial charge in [0.2, 0.25) is 0 Å². The molecule has 0 radical (unpaired) electrons. The van der Waals surface area contributed by atoms with E-state index >= 15 is 0 Å². The third-order valence-corrected chi connectivity index (χ3v) is 4.04. The van der Waals surface area contributed by atoms with Crippen LogP contribution in [0, 0.1) is 5.92 Å². The Bertz CT molecular complexity index is 203. The first-order chi connectivity index (χ1) is 8.08. The van der Waals surface area contributed by atoms with E-state index in [1.165, 1.54) is 38.8 Å². The average Bonchev–Trinajstić information content (AvgIpc) is 2.28. The highest BCUT2D eigenvalue weighted by Crippen LogP contribution is 2.19. The van der Waals surface area contributed by atoms with E-state index in [4.69, 9.17) is 0 Å². The van der Waals surface area contributed by atoms with Gasteiger partial charge in [-0.1, -0.05) is 34.1 Å². The summed E-state index contributed by atoms with van der Waals surface area (Å²) >= 11 is 0. The van der Waals surface area contributed by atoms with E-state index < -0.39 is 0 Å². The van der Waals surface area contributed by atoms with Crippen molar-refractivity contribution in [2.45, 2.75) is 78.4 Å². The van der Waals surface area contributed by atoms with E-state index in [2.05, 4.69) is 44.8 Å². The third kappa shape index (κ3) is 4.59. The highest BCUT2D eigenvalue weighted by molar-refractivity contribution is 4.88. The van der Waals surface area contributed by atoms with Gasteiger partial charge in [0.15, 0.2) is 0 Å². The highest BCUT2D eigenvalue weighted by atomic mass is 15.2. The van der Waals surface area contributed by atoms with E-state index in [0.29, 0.717) is 6.04 Å². The molecule has 1 heterocycles. The SMILES string of the molecule is CCCC(C)N1CC(CC(C)C)NCC1CC. The number of hydrogen-bond donors (Lipinski definition) is 1. The van der Waals surface area contributed by atoms with Crippen molar-refractivity contribution in [2.24, 2.45) is 5.92 Å². The van der Waals surface area contributed by atoms with E-state index in [-0.39, 0.29) is 0 Å². The van der Waals surface area contributed by atoms with Crippen LogP contribution in [0.2, 0.25) is 0 Å². The fraction of sp³-hybridized carbons (Fsp3) is 1.00. The maximum Gasteiger partial charge on any atom is 0.0221 e. The van der Waals surface area contributed by atoms with Crippen molar-refractivity contribution in [1.82, 2.24) is 10.2 Å². The molecule has 3 unspecified atom stereocenters. The zero-order valence-electron chi connectivity index (χ0n) is 12.5. The molecular formula is C15H32N2. The minimum absolute atomic E-state index is 0.706. The van der Waals surface area contributed by atoms with Crippen LogP contribution in [0.1, 0.15) is 60.3 Å². The van der Waals surface area contributed by atoms with Crippen LogP contribution < -0.4 is 5.32 Å². The van der Waals surface area contributed by atoms with Crippen molar-refractivity contribution in [1.29, 1.82) is 0 Å². The molecule has 1 fully saturated rings. The van der Waals surface area contributed by atoms with Crippen molar-refractivity contribution >= 4 is 0 Å². The van der Waals surface area contributed by atoms with Crippen LogP contribution >= 0.6 is 0 Å². The first-order valence-corrected chi connectivity index (χ1v) is 7.57. The number of hydrogen-bond acceptors (Lipinski definition) is 2. The van der Waals surface area contributed by atoms with Gasteiger partial charge in [0.1, 0.15) is 0 Å². The minimum atomic E-state index is 0.706. The van der Waals surface area contributed by atoms with Crippen molar-refractivity contribution in [3.63, 3.8) is 0 Å². The Labute approximate surface area is 108 Å². The van der Waals surface area contributed by atoms with Gasteiger partial charge in [0.05, 0.1) is 0 Å². The second kappa shape index (κ2) is 7.38.